The maximum Gasteiger partial charge on any atom is 0.146 e. The van der Waals surface area contributed by atoms with Gasteiger partial charge < -0.3 is 10.2 Å². The maximum absolute atomic E-state index is 9.12. The van der Waals surface area contributed by atoms with Gasteiger partial charge in [0.05, 0.1) is 5.56 Å². The van der Waals surface area contributed by atoms with Gasteiger partial charge in [-0.15, -0.1) is 0 Å². The van der Waals surface area contributed by atoms with E-state index in [1.165, 1.54) is 12.8 Å². The van der Waals surface area contributed by atoms with Crippen LogP contribution in [0.25, 0.3) is 0 Å². The zero-order valence-corrected chi connectivity index (χ0v) is 9.76. The summed E-state index contributed by atoms with van der Waals surface area (Å²) in [5.41, 5.74) is 0.685. The Morgan fingerprint density at radius 1 is 1.35 bits per heavy atom. The van der Waals surface area contributed by atoms with E-state index in [0.717, 1.165) is 25.3 Å². The molecule has 2 bridgehead atoms. The van der Waals surface area contributed by atoms with Crippen molar-refractivity contribution in [3.05, 3.63) is 23.9 Å². The highest BCUT2D eigenvalue weighted by Crippen LogP contribution is 2.25. The molecule has 88 valence electrons. The molecule has 1 aromatic rings. The van der Waals surface area contributed by atoms with Gasteiger partial charge in [0.15, 0.2) is 0 Å². The summed E-state index contributed by atoms with van der Waals surface area (Å²) in [6, 6.07) is 7.13. The third-order valence-electron chi connectivity index (χ3n) is 3.73. The Morgan fingerprint density at radius 2 is 2.24 bits per heavy atom. The highest BCUT2D eigenvalue weighted by Gasteiger charge is 2.30. The summed E-state index contributed by atoms with van der Waals surface area (Å²) in [4.78, 5) is 6.63. The molecule has 1 aromatic heterocycles. The molecule has 4 heteroatoms. The third-order valence-corrected chi connectivity index (χ3v) is 3.73. The molecular weight excluding hydrogens is 212 g/mol. The van der Waals surface area contributed by atoms with Gasteiger partial charge in [-0.3, -0.25) is 0 Å². The van der Waals surface area contributed by atoms with Crippen molar-refractivity contribution in [3.8, 4) is 6.07 Å². The molecule has 3 heterocycles. The molecule has 2 saturated heterocycles. The smallest absolute Gasteiger partial charge is 0.146 e. The van der Waals surface area contributed by atoms with Crippen molar-refractivity contribution in [2.24, 2.45) is 0 Å². The van der Waals surface area contributed by atoms with E-state index in [1.807, 2.05) is 12.1 Å². The minimum absolute atomic E-state index is 0.566. The Bertz CT molecular complexity index is 451. The number of nitrogens with one attached hydrogen (secondary N) is 1. The van der Waals surface area contributed by atoms with E-state index in [9.17, 15) is 0 Å². The van der Waals surface area contributed by atoms with E-state index in [-0.39, 0.29) is 0 Å². The van der Waals surface area contributed by atoms with Crippen molar-refractivity contribution in [1.29, 1.82) is 5.26 Å². The third kappa shape index (κ3) is 1.98. The summed E-state index contributed by atoms with van der Waals surface area (Å²) in [5.74, 6) is 0.851. The van der Waals surface area contributed by atoms with Crippen molar-refractivity contribution in [2.75, 3.05) is 18.0 Å². The Labute approximate surface area is 101 Å². The molecule has 2 atom stereocenters. The Kier molecular flexibility index (Phi) is 2.69. The van der Waals surface area contributed by atoms with Gasteiger partial charge in [-0.2, -0.15) is 5.26 Å². The van der Waals surface area contributed by atoms with Crippen LogP contribution in [-0.2, 0) is 0 Å². The molecule has 0 aliphatic carbocycles. The number of nitrogens with zero attached hydrogens (tertiary/aromatic N) is 3. The van der Waals surface area contributed by atoms with Crippen LogP contribution in [0.1, 0.15) is 24.8 Å². The van der Waals surface area contributed by atoms with Gasteiger partial charge in [-0.1, -0.05) is 0 Å². The second-order valence-electron chi connectivity index (χ2n) is 4.86. The molecule has 0 spiro atoms. The first-order valence-corrected chi connectivity index (χ1v) is 6.23. The fourth-order valence-electron chi connectivity index (χ4n) is 2.87. The fourth-order valence-corrected chi connectivity index (χ4v) is 2.87. The molecule has 2 aliphatic rings. The molecule has 17 heavy (non-hydrogen) atoms. The Morgan fingerprint density at radius 3 is 3.12 bits per heavy atom. The van der Waals surface area contributed by atoms with Crippen LogP contribution in [0.3, 0.4) is 0 Å². The lowest BCUT2D eigenvalue weighted by molar-refractivity contribution is 0.563. The average Bonchev–Trinajstić information content (AvgIpc) is 2.69. The number of aromatic nitrogens is 1. The van der Waals surface area contributed by atoms with Crippen molar-refractivity contribution in [2.45, 2.75) is 31.3 Å². The SMILES string of the molecule is N#Cc1cccnc1N1CCC2CCC(C1)N2. The second kappa shape index (κ2) is 4.34. The van der Waals surface area contributed by atoms with Crippen LogP contribution in [0.4, 0.5) is 5.82 Å². The maximum atomic E-state index is 9.12. The van der Waals surface area contributed by atoms with Gasteiger partial charge in [0.25, 0.3) is 0 Å². The summed E-state index contributed by atoms with van der Waals surface area (Å²) < 4.78 is 0. The Balaban J connectivity index is 1.86. The minimum atomic E-state index is 0.566. The van der Waals surface area contributed by atoms with Crippen LogP contribution in [-0.4, -0.2) is 30.2 Å². The molecule has 4 nitrogen and oxygen atoms in total. The van der Waals surface area contributed by atoms with Crippen LogP contribution in [0, 0.1) is 11.3 Å². The zero-order chi connectivity index (χ0) is 11.7. The summed E-state index contributed by atoms with van der Waals surface area (Å²) >= 11 is 0. The minimum Gasteiger partial charge on any atom is -0.354 e. The van der Waals surface area contributed by atoms with E-state index in [1.54, 1.807) is 6.20 Å². The number of nitriles is 1. The normalized spacial score (nSPS) is 27.6. The molecule has 0 amide bonds. The van der Waals surface area contributed by atoms with Crippen molar-refractivity contribution in [1.82, 2.24) is 10.3 Å². The molecule has 0 saturated carbocycles. The van der Waals surface area contributed by atoms with E-state index in [4.69, 9.17) is 5.26 Å². The van der Waals surface area contributed by atoms with Crippen molar-refractivity contribution >= 4 is 5.82 Å². The van der Waals surface area contributed by atoms with Crippen LogP contribution in [0.5, 0.6) is 0 Å². The first-order chi connectivity index (χ1) is 8.36. The average molecular weight is 228 g/mol. The molecule has 0 radical (unpaired) electrons. The van der Waals surface area contributed by atoms with Crippen LogP contribution < -0.4 is 10.2 Å². The number of fused-ring (bicyclic) bond motifs is 2. The van der Waals surface area contributed by atoms with Gasteiger partial charge in [0.1, 0.15) is 11.9 Å². The highest BCUT2D eigenvalue weighted by atomic mass is 15.2. The van der Waals surface area contributed by atoms with E-state index >= 15 is 0 Å². The fraction of sp³-hybridized carbons (Fsp3) is 0.538. The first kappa shape index (κ1) is 10.5. The predicted molar refractivity (Wildman–Crippen MR) is 65.7 cm³/mol. The molecule has 3 rings (SSSR count). The van der Waals surface area contributed by atoms with Gasteiger partial charge in [0.2, 0.25) is 0 Å². The highest BCUT2D eigenvalue weighted by molar-refractivity contribution is 5.53. The summed E-state index contributed by atoms with van der Waals surface area (Å²) in [6.07, 6.45) is 5.46. The molecule has 2 aliphatic heterocycles. The standard InChI is InChI=1S/C13H16N4/c14-8-10-2-1-6-15-13(10)17-7-5-11-3-4-12(9-17)16-11/h1-2,6,11-12,16H,3-5,7,9H2. The zero-order valence-electron chi connectivity index (χ0n) is 9.76. The lowest BCUT2D eigenvalue weighted by atomic mass is 10.1. The number of hydrogen-bond donors (Lipinski definition) is 1. The van der Waals surface area contributed by atoms with Crippen LogP contribution in [0.15, 0.2) is 18.3 Å². The quantitative estimate of drug-likeness (QED) is 0.786. The topological polar surface area (TPSA) is 52.0 Å². The number of rotatable bonds is 1. The van der Waals surface area contributed by atoms with E-state index in [0.29, 0.717) is 17.6 Å². The molecule has 2 unspecified atom stereocenters. The summed E-state index contributed by atoms with van der Waals surface area (Å²) in [5, 5.41) is 12.8. The molecule has 0 aromatic carbocycles. The number of hydrogen-bond acceptors (Lipinski definition) is 4. The second-order valence-corrected chi connectivity index (χ2v) is 4.86. The molecule has 1 N–H and O–H groups in total. The number of pyridine rings is 1. The lowest BCUT2D eigenvalue weighted by Gasteiger charge is -2.25. The van der Waals surface area contributed by atoms with E-state index in [2.05, 4.69) is 21.3 Å². The van der Waals surface area contributed by atoms with E-state index < -0.39 is 0 Å². The van der Waals surface area contributed by atoms with Crippen molar-refractivity contribution in [3.63, 3.8) is 0 Å². The van der Waals surface area contributed by atoms with Gasteiger partial charge >= 0.3 is 0 Å². The monoisotopic (exact) mass is 228 g/mol. The van der Waals surface area contributed by atoms with Crippen molar-refractivity contribution < 1.29 is 0 Å². The molecule has 2 fully saturated rings. The van der Waals surface area contributed by atoms with Gasteiger partial charge in [-0.25, -0.2) is 4.98 Å². The van der Waals surface area contributed by atoms with Gasteiger partial charge in [0, 0.05) is 31.4 Å². The summed E-state index contributed by atoms with van der Waals surface area (Å²) in [6.45, 7) is 1.97. The largest absolute Gasteiger partial charge is 0.354 e. The van der Waals surface area contributed by atoms with Crippen LogP contribution in [0.2, 0.25) is 0 Å². The lowest BCUT2D eigenvalue weighted by Crippen LogP contribution is -2.36. The van der Waals surface area contributed by atoms with Crippen LogP contribution >= 0.6 is 0 Å². The summed E-state index contributed by atoms with van der Waals surface area (Å²) in [7, 11) is 0. The van der Waals surface area contributed by atoms with Gasteiger partial charge in [-0.05, 0) is 31.4 Å². The Hall–Kier alpha value is -1.60. The number of anilines is 1. The first-order valence-electron chi connectivity index (χ1n) is 6.23. The predicted octanol–water partition coefficient (Wildman–Crippen LogP) is 1.28. The molecular formula is C13H16N4.